The fraction of sp³-hybridized carbons (Fsp3) is 0.263. The molecule has 1 heterocycles. The molecule has 5 nitrogen and oxygen atoms in total. The lowest BCUT2D eigenvalue weighted by Gasteiger charge is -2.17. The van der Waals surface area contributed by atoms with Gasteiger partial charge in [0.05, 0.1) is 13.0 Å². The van der Waals surface area contributed by atoms with Gasteiger partial charge in [0.25, 0.3) is 0 Å². The third kappa shape index (κ3) is 3.40. The third-order valence-corrected chi connectivity index (χ3v) is 4.20. The number of carbonyl (C=O) groups excluding carboxylic acids is 2. The molecule has 2 amide bonds. The standard InChI is InChI=1S/C19H20N2O3/c1-13-3-7-16(8-4-13)21-12-14(11-18(21)22)19(23)20-15-5-9-17(24-2)10-6-15/h3-10,14H,11-12H2,1-2H3,(H,20,23)/t14-/m1/s1. The predicted molar refractivity (Wildman–Crippen MR) is 93.3 cm³/mol. The number of hydrogen-bond acceptors (Lipinski definition) is 3. The number of aryl methyl sites for hydroxylation is 1. The molecule has 0 spiro atoms. The van der Waals surface area contributed by atoms with Gasteiger partial charge in [-0.2, -0.15) is 0 Å². The van der Waals surface area contributed by atoms with Gasteiger partial charge < -0.3 is 15.0 Å². The van der Waals surface area contributed by atoms with Crippen LogP contribution in [0.3, 0.4) is 0 Å². The maximum Gasteiger partial charge on any atom is 0.229 e. The first-order valence-electron chi connectivity index (χ1n) is 7.89. The van der Waals surface area contributed by atoms with Crippen molar-refractivity contribution in [3.8, 4) is 5.75 Å². The van der Waals surface area contributed by atoms with Crippen molar-refractivity contribution in [2.45, 2.75) is 13.3 Å². The van der Waals surface area contributed by atoms with Crippen molar-refractivity contribution in [2.24, 2.45) is 5.92 Å². The quantitative estimate of drug-likeness (QED) is 0.940. The monoisotopic (exact) mass is 324 g/mol. The normalized spacial score (nSPS) is 17.0. The van der Waals surface area contributed by atoms with Gasteiger partial charge in [-0.15, -0.1) is 0 Å². The predicted octanol–water partition coefficient (Wildman–Crippen LogP) is 3.00. The molecule has 0 saturated carbocycles. The Bertz CT molecular complexity index is 738. The van der Waals surface area contributed by atoms with Crippen LogP contribution in [-0.4, -0.2) is 25.5 Å². The zero-order valence-electron chi connectivity index (χ0n) is 13.8. The second-order valence-electron chi connectivity index (χ2n) is 5.96. The molecule has 1 N–H and O–H groups in total. The Balaban J connectivity index is 1.66. The van der Waals surface area contributed by atoms with E-state index in [0.29, 0.717) is 12.2 Å². The van der Waals surface area contributed by atoms with Crippen LogP contribution in [0.2, 0.25) is 0 Å². The number of ether oxygens (including phenoxy) is 1. The van der Waals surface area contributed by atoms with E-state index in [9.17, 15) is 9.59 Å². The minimum atomic E-state index is -0.346. The van der Waals surface area contributed by atoms with E-state index in [4.69, 9.17) is 4.74 Å². The van der Waals surface area contributed by atoms with Crippen molar-refractivity contribution in [1.82, 2.24) is 0 Å². The van der Waals surface area contributed by atoms with Gasteiger partial charge in [-0.25, -0.2) is 0 Å². The Morgan fingerprint density at radius 1 is 1.12 bits per heavy atom. The molecule has 1 fully saturated rings. The van der Waals surface area contributed by atoms with Crippen molar-refractivity contribution in [1.29, 1.82) is 0 Å². The SMILES string of the molecule is COc1ccc(NC(=O)[C@@H]2CC(=O)N(c3ccc(C)cc3)C2)cc1. The molecule has 0 aromatic heterocycles. The highest BCUT2D eigenvalue weighted by Crippen LogP contribution is 2.26. The van der Waals surface area contributed by atoms with Gasteiger partial charge in [0.1, 0.15) is 5.75 Å². The maximum atomic E-state index is 12.4. The molecule has 2 aromatic carbocycles. The van der Waals surface area contributed by atoms with Crippen LogP contribution in [0.25, 0.3) is 0 Å². The molecule has 0 aliphatic carbocycles. The van der Waals surface area contributed by atoms with Crippen molar-refractivity contribution in [3.63, 3.8) is 0 Å². The van der Waals surface area contributed by atoms with E-state index in [-0.39, 0.29) is 24.2 Å². The highest BCUT2D eigenvalue weighted by molar-refractivity contribution is 6.03. The molecule has 5 heteroatoms. The number of anilines is 2. The van der Waals surface area contributed by atoms with Crippen LogP contribution in [0.4, 0.5) is 11.4 Å². The fourth-order valence-corrected chi connectivity index (χ4v) is 2.78. The van der Waals surface area contributed by atoms with Gasteiger partial charge in [-0.1, -0.05) is 17.7 Å². The van der Waals surface area contributed by atoms with Gasteiger partial charge in [-0.3, -0.25) is 9.59 Å². The topological polar surface area (TPSA) is 58.6 Å². The Morgan fingerprint density at radius 2 is 1.79 bits per heavy atom. The lowest BCUT2D eigenvalue weighted by atomic mass is 10.1. The lowest BCUT2D eigenvalue weighted by molar-refractivity contribution is -0.122. The molecule has 1 atom stereocenters. The zero-order valence-corrected chi connectivity index (χ0v) is 13.8. The summed E-state index contributed by atoms with van der Waals surface area (Å²) in [6.45, 7) is 2.41. The Hall–Kier alpha value is -2.82. The molecule has 2 aromatic rings. The summed E-state index contributed by atoms with van der Waals surface area (Å²) in [5, 5.41) is 2.86. The lowest BCUT2D eigenvalue weighted by Crippen LogP contribution is -2.28. The summed E-state index contributed by atoms with van der Waals surface area (Å²) in [6, 6.07) is 14.9. The summed E-state index contributed by atoms with van der Waals surface area (Å²) < 4.78 is 5.10. The van der Waals surface area contributed by atoms with Crippen LogP contribution in [0, 0.1) is 12.8 Å². The number of nitrogens with zero attached hydrogens (tertiary/aromatic N) is 1. The molecule has 24 heavy (non-hydrogen) atoms. The van der Waals surface area contributed by atoms with Crippen LogP contribution in [0.15, 0.2) is 48.5 Å². The van der Waals surface area contributed by atoms with E-state index in [0.717, 1.165) is 17.0 Å². The van der Waals surface area contributed by atoms with Crippen LogP contribution in [-0.2, 0) is 9.59 Å². The van der Waals surface area contributed by atoms with Crippen LogP contribution in [0.5, 0.6) is 5.75 Å². The second-order valence-corrected chi connectivity index (χ2v) is 5.96. The van der Waals surface area contributed by atoms with Crippen molar-refractivity contribution < 1.29 is 14.3 Å². The van der Waals surface area contributed by atoms with E-state index in [1.165, 1.54) is 0 Å². The summed E-state index contributed by atoms with van der Waals surface area (Å²) in [5.41, 5.74) is 2.67. The molecule has 1 aliphatic heterocycles. The molecule has 0 bridgehead atoms. The highest BCUT2D eigenvalue weighted by Gasteiger charge is 2.35. The smallest absolute Gasteiger partial charge is 0.229 e. The van der Waals surface area contributed by atoms with Crippen molar-refractivity contribution >= 4 is 23.2 Å². The molecule has 124 valence electrons. The highest BCUT2D eigenvalue weighted by atomic mass is 16.5. The molecule has 0 radical (unpaired) electrons. The average molecular weight is 324 g/mol. The van der Waals surface area contributed by atoms with Gasteiger partial charge in [0.15, 0.2) is 0 Å². The van der Waals surface area contributed by atoms with Crippen LogP contribution in [0.1, 0.15) is 12.0 Å². The van der Waals surface area contributed by atoms with E-state index in [1.54, 1.807) is 36.3 Å². The Morgan fingerprint density at radius 3 is 2.42 bits per heavy atom. The minimum Gasteiger partial charge on any atom is -0.497 e. The summed E-state index contributed by atoms with van der Waals surface area (Å²) in [6.07, 6.45) is 0.232. The second kappa shape index (κ2) is 6.74. The van der Waals surface area contributed by atoms with Gasteiger partial charge >= 0.3 is 0 Å². The first-order chi connectivity index (χ1) is 11.6. The molecule has 1 saturated heterocycles. The maximum absolute atomic E-state index is 12.4. The van der Waals surface area contributed by atoms with Gasteiger partial charge in [0.2, 0.25) is 11.8 Å². The summed E-state index contributed by atoms with van der Waals surface area (Å²) in [7, 11) is 1.59. The minimum absolute atomic E-state index is 0.0197. The molecule has 1 aliphatic rings. The number of rotatable bonds is 4. The first kappa shape index (κ1) is 16.1. The summed E-state index contributed by atoms with van der Waals surface area (Å²) in [5.74, 6) is 0.229. The van der Waals surface area contributed by atoms with E-state index in [2.05, 4.69) is 5.32 Å². The largest absolute Gasteiger partial charge is 0.497 e. The van der Waals surface area contributed by atoms with E-state index in [1.807, 2.05) is 31.2 Å². The van der Waals surface area contributed by atoms with Gasteiger partial charge in [-0.05, 0) is 43.3 Å². The number of benzene rings is 2. The molecule has 3 rings (SSSR count). The Kier molecular flexibility index (Phi) is 4.51. The number of methoxy groups -OCH3 is 1. The molecular formula is C19H20N2O3. The van der Waals surface area contributed by atoms with Crippen molar-refractivity contribution in [2.75, 3.05) is 23.9 Å². The average Bonchev–Trinajstić information content (AvgIpc) is 2.98. The number of amides is 2. The number of hydrogen-bond donors (Lipinski definition) is 1. The third-order valence-electron chi connectivity index (χ3n) is 4.20. The molecule has 0 unspecified atom stereocenters. The van der Waals surface area contributed by atoms with Crippen LogP contribution >= 0.6 is 0 Å². The summed E-state index contributed by atoms with van der Waals surface area (Å²) >= 11 is 0. The summed E-state index contributed by atoms with van der Waals surface area (Å²) in [4.78, 5) is 26.3. The number of nitrogens with one attached hydrogen (secondary N) is 1. The van der Waals surface area contributed by atoms with Crippen molar-refractivity contribution in [3.05, 3.63) is 54.1 Å². The fourth-order valence-electron chi connectivity index (χ4n) is 2.78. The van der Waals surface area contributed by atoms with Crippen LogP contribution < -0.4 is 15.0 Å². The zero-order chi connectivity index (χ0) is 17.1. The molecular weight excluding hydrogens is 304 g/mol. The first-order valence-corrected chi connectivity index (χ1v) is 7.89. The Labute approximate surface area is 141 Å². The van der Waals surface area contributed by atoms with E-state index >= 15 is 0 Å². The van der Waals surface area contributed by atoms with Gasteiger partial charge in [0, 0.05) is 24.3 Å². The van der Waals surface area contributed by atoms with E-state index < -0.39 is 0 Å². The number of carbonyl (C=O) groups is 2.